The molecule has 6 nitrogen and oxygen atoms in total. The minimum atomic E-state index is -4.43. The molecule has 0 aromatic rings. The zero-order valence-electron chi connectivity index (χ0n) is 10.5. The summed E-state index contributed by atoms with van der Waals surface area (Å²) in [6.07, 6.45) is -4.90. The molecule has 0 aromatic heterocycles. The van der Waals surface area contributed by atoms with Crippen LogP contribution >= 0.6 is 0 Å². The maximum absolute atomic E-state index is 11.9. The molecule has 3 amide bonds. The lowest BCUT2D eigenvalue weighted by Crippen LogP contribution is -2.54. The van der Waals surface area contributed by atoms with E-state index in [9.17, 15) is 22.8 Å². The monoisotopic (exact) mass is 283 g/mol. The molecule has 9 heteroatoms. The minimum Gasteiger partial charge on any atom is -0.450 e. The molecule has 0 aliphatic carbocycles. The van der Waals surface area contributed by atoms with Crippen molar-refractivity contribution in [3.8, 4) is 0 Å². The van der Waals surface area contributed by atoms with E-state index in [0.717, 1.165) is 0 Å². The van der Waals surface area contributed by atoms with Gasteiger partial charge >= 0.3 is 18.3 Å². The maximum atomic E-state index is 11.9. The zero-order valence-corrected chi connectivity index (χ0v) is 10.5. The van der Waals surface area contributed by atoms with Crippen LogP contribution in [0.5, 0.6) is 0 Å². The van der Waals surface area contributed by atoms with Gasteiger partial charge in [-0.15, -0.1) is 0 Å². The number of amides is 3. The highest BCUT2D eigenvalue weighted by molar-refractivity contribution is 5.75. The smallest absolute Gasteiger partial charge is 0.409 e. The van der Waals surface area contributed by atoms with E-state index in [1.807, 2.05) is 0 Å². The summed E-state index contributed by atoms with van der Waals surface area (Å²) >= 11 is 0. The molecule has 0 unspecified atom stereocenters. The highest BCUT2D eigenvalue weighted by Gasteiger charge is 2.30. The van der Waals surface area contributed by atoms with Crippen molar-refractivity contribution >= 4 is 12.1 Å². The molecule has 1 heterocycles. The molecular weight excluding hydrogens is 267 g/mol. The number of nitrogens with zero attached hydrogens (tertiary/aromatic N) is 2. The third kappa shape index (κ3) is 5.23. The number of urea groups is 1. The number of hydrogen-bond donors (Lipinski definition) is 1. The molecule has 1 saturated heterocycles. The number of ether oxygens (including phenoxy) is 1. The van der Waals surface area contributed by atoms with Gasteiger partial charge in [-0.05, 0) is 6.92 Å². The second-order valence-electron chi connectivity index (χ2n) is 3.95. The number of carbonyl (C=O) groups is 2. The number of carbonyl (C=O) groups excluding carboxylic acids is 2. The second kappa shape index (κ2) is 6.48. The minimum absolute atomic E-state index is 0.183. The van der Waals surface area contributed by atoms with Crippen LogP contribution in [0.4, 0.5) is 22.8 Å². The molecular formula is C10H16F3N3O3. The van der Waals surface area contributed by atoms with Gasteiger partial charge in [-0.1, -0.05) is 0 Å². The molecule has 0 bridgehead atoms. The first-order valence-corrected chi connectivity index (χ1v) is 5.84. The van der Waals surface area contributed by atoms with Crippen LogP contribution in [-0.2, 0) is 4.74 Å². The van der Waals surface area contributed by atoms with E-state index in [4.69, 9.17) is 4.74 Å². The van der Waals surface area contributed by atoms with Crippen LogP contribution in [0.15, 0.2) is 0 Å². The van der Waals surface area contributed by atoms with Crippen molar-refractivity contribution in [3.05, 3.63) is 0 Å². The van der Waals surface area contributed by atoms with Crippen LogP contribution in [0.2, 0.25) is 0 Å². The molecule has 0 radical (unpaired) electrons. The third-order valence-corrected chi connectivity index (χ3v) is 2.53. The summed E-state index contributed by atoms with van der Waals surface area (Å²) in [7, 11) is 0. The molecule has 0 atom stereocenters. The standard InChI is InChI=1S/C10H16F3N3O3/c1-2-19-9(18)16-5-3-15(4-6-16)8(17)14-7-10(11,12)13/h2-7H2,1H3,(H,14,17). The van der Waals surface area contributed by atoms with Gasteiger partial charge in [0.2, 0.25) is 0 Å². The zero-order chi connectivity index (χ0) is 14.5. The fourth-order valence-electron chi connectivity index (χ4n) is 1.59. The van der Waals surface area contributed by atoms with Crippen LogP contribution in [0.3, 0.4) is 0 Å². The topological polar surface area (TPSA) is 61.9 Å². The summed E-state index contributed by atoms with van der Waals surface area (Å²) in [6.45, 7) is 1.44. The summed E-state index contributed by atoms with van der Waals surface area (Å²) < 4.78 is 40.6. The van der Waals surface area contributed by atoms with E-state index in [0.29, 0.717) is 0 Å². The lowest BCUT2D eigenvalue weighted by atomic mass is 10.3. The number of nitrogens with one attached hydrogen (secondary N) is 1. The highest BCUT2D eigenvalue weighted by Crippen LogP contribution is 2.12. The number of alkyl halides is 3. The van der Waals surface area contributed by atoms with Crippen LogP contribution in [0.25, 0.3) is 0 Å². The maximum Gasteiger partial charge on any atom is 0.409 e. The Morgan fingerprint density at radius 3 is 2.16 bits per heavy atom. The Balaban J connectivity index is 2.33. The molecule has 0 saturated carbocycles. The van der Waals surface area contributed by atoms with Crippen molar-refractivity contribution in [3.63, 3.8) is 0 Å². The average molecular weight is 283 g/mol. The van der Waals surface area contributed by atoms with E-state index in [1.165, 1.54) is 9.80 Å². The van der Waals surface area contributed by atoms with Crippen LogP contribution in [0.1, 0.15) is 6.92 Å². The number of hydrogen-bond acceptors (Lipinski definition) is 3. The summed E-state index contributed by atoms with van der Waals surface area (Å²) in [5.74, 6) is 0. The Kier molecular flexibility index (Phi) is 5.25. The Morgan fingerprint density at radius 1 is 1.16 bits per heavy atom. The molecule has 0 spiro atoms. The van der Waals surface area contributed by atoms with Crippen molar-refractivity contribution in [1.82, 2.24) is 15.1 Å². The van der Waals surface area contributed by atoms with Crippen LogP contribution < -0.4 is 5.32 Å². The number of rotatable bonds is 2. The molecule has 1 rings (SSSR count). The van der Waals surface area contributed by atoms with E-state index >= 15 is 0 Å². The Bertz CT molecular complexity index is 328. The first-order chi connectivity index (χ1) is 8.83. The first-order valence-electron chi connectivity index (χ1n) is 5.84. The van der Waals surface area contributed by atoms with Gasteiger partial charge in [0, 0.05) is 26.2 Å². The number of halogens is 3. The van der Waals surface area contributed by atoms with Crippen molar-refractivity contribution in [1.29, 1.82) is 0 Å². The second-order valence-corrected chi connectivity index (χ2v) is 3.95. The largest absolute Gasteiger partial charge is 0.450 e. The SMILES string of the molecule is CCOC(=O)N1CCN(C(=O)NCC(F)(F)F)CC1. The van der Waals surface area contributed by atoms with Gasteiger partial charge in [-0.25, -0.2) is 9.59 Å². The van der Waals surface area contributed by atoms with Gasteiger partial charge in [0.05, 0.1) is 6.61 Å². The molecule has 1 aliphatic heterocycles. The molecule has 1 N–H and O–H groups in total. The Morgan fingerprint density at radius 2 is 1.68 bits per heavy atom. The summed E-state index contributed by atoms with van der Waals surface area (Å²) in [4.78, 5) is 25.4. The van der Waals surface area contributed by atoms with Crippen LogP contribution in [-0.4, -0.2) is 67.4 Å². The van der Waals surface area contributed by atoms with Crippen molar-refractivity contribution in [2.75, 3.05) is 39.3 Å². The van der Waals surface area contributed by atoms with Gasteiger partial charge in [0.15, 0.2) is 0 Å². The fraction of sp³-hybridized carbons (Fsp3) is 0.800. The normalized spacial score (nSPS) is 16.2. The Labute approximate surface area is 108 Å². The van der Waals surface area contributed by atoms with Gasteiger partial charge in [0.1, 0.15) is 6.54 Å². The third-order valence-electron chi connectivity index (χ3n) is 2.53. The van der Waals surface area contributed by atoms with Crippen molar-refractivity contribution in [2.45, 2.75) is 13.1 Å². The van der Waals surface area contributed by atoms with Gasteiger partial charge in [-0.3, -0.25) is 0 Å². The first kappa shape index (κ1) is 15.4. The van der Waals surface area contributed by atoms with Crippen molar-refractivity contribution in [2.24, 2.45) is 0 Å². The van der Waals surface area contributed by atoms with Crippen LogP contribution in [0, 0.1) is 0 Å². The molecule has 19 heavy (non-hydrogen) atoms. The average Bonchev–Trinajstić information content (AvgIpc) is 2.35. The lowest BCUT2D eigenvalue weighted by Gasteiger charge is -2.34. The van der Waals surface area contributed by atoms with E-state index in [1.54, 1.807) is 12.2 Å². The highest BCUT2D eigenvalue weighted by atomic mass is 19.4. The molecule has 1 fully saturated rings. The Hall–Kier alpha value is -1.67. The summed E-state index contributed by atoms with van der Waals surface area (Å²) in [5, 5.41) is 1.79. The van der Waals surface area contributed by atoms with E-state index in [-0.39, 0.29) is 32.8 Å². The van der Waals surface area contributed by atoms with Gasteiger partial charge in [-0.2, -0.15) is 13.2 Å². The fourth-order valence-corrected chi connectivity index (χ4v) is 1.59. The van der Waals surface area contributed by atoms with Crippen molar-refractivity contribution < 1.29 is 27.5 Å². The predicted octanol–water partition coefficient (Wildman–Crippen LogP) is 1.03. The molecule has 110 valence electrons. The molecule has 1 aliphatic rings. The molecule has 0 aromatic carbocycles. The van der Waals surface area contributed by atoms with Gasteiger partial charge in [0.25, 0.3) is 0 Å². The van der Waals surface area contributed by atoms with E-state index < -0.39 is 24.8 Å². The lowest BCUT2D eigenvalue weighted by molar-refractivity contribution is -0.123. The predicted molar refractivity (Wildman–Crippen MR) is 59.6 cm³/mol. The number of piperazine rings is 1. The quantitative estimate of drug-likeness (QED) is 0.823. The van der Waals surface area contributed by atoms with E-state index in [2.05, 4.69) is 0 Å². The van der Waals surface area contributed by atoms with Gasteiger partial charge < -0.3 is 19.9 Å². The summed E-state index contributed by atoms with van der Waals surface area (Å²) in [5.41, 5.74) is 0. The summed E-state index contributed by atoms with van der Waals surface area (Å²) in [6, 6.07) is -0.777.